The molecule has 0 radical (unpaired) electrons. The van der Waals surface area contributed by atoms with E-state index >= 15 is 0 Å². The number of carboxylic acids is 1. The molecule has 0 aromatic heterocycles. The van der Waals surface area contributed by atoms with Crippen LogP contribution < -0.4 is 0 Å². The highest BCUT2D eigenvalue weighted by molar-refractivity contribution is 14.1. The summed E-state index contributed by atoms with van der Waals surface area (Å²) in [5, 5.41) is 8.01. The van der Waals surface area contributed by atoms with E-state index < -0.39 is 5.97 Å². The fourth-order valence-corrected chi connectivity index (χ4v) is 0.609. The summed E-state index contributed by atoms with van der Waals surface area (Å²) < 4.78 is 1.38. The molecule has 0 saturated carbocycles. The Morgan fingerprint density at radius 3 is 2.43 bits per heavy atom. The van der Waals surface area contributed by atoms with Gasteiger partial charge in [0.25, 0.3) is 0 Å². The minimum absolute atomic E-state index is 0.0144. The zero-order valence-electron chi connectivity index (χ0n) is 3.27. The number of halogens is 2. The largest absolute Gasteiger partial charge is 0.480 e. The fourth-order valence-electron chi connectivity index (χ4n) is 0.102. The van der Waals surface area contributed by atoms with E-state index in [0.717, 1.165) is 0 Å². The van der Waals surface area contributed by atoms with Gasteiger partial charge in [-0.1, -0.05) is 0 Å². The molecule has 0 saturated heterocycles. The Bertz CT molecular complexity index is 76.1. The molecule has 1 N–H and O–H groups in total. The highest BCUT2D eigenvalue weighted by Crippen LogP contribution is 2.03. The summed E-state index contributed by atoms with van der Waals surface area (Å²) in [6.45, 7) is 0.0144. The molecule has 7 heavy (non-hydrogen) atoms. The van der Waals surface area contributed by atoms with Crippen LogP contribution >= 0.6 is 39.0 Å². The molecular formula is C2H3BrINO2. The third-order valence-electron chi connectivity index (χ3n) is 0.255. The monoisotopic (exact) mass is 279 g/mol. The number of hydrogen-bond donors (Lipinski definition) is 1. The molecule has 0 bridgehead atoms. The van der Waals surface area contributed by atoms with E-state index in [4.69, 9.17) is 5.11 Å². The second-order valence-corrected chi connectivity index (χ2v) is 4.20. The average molecular weight is 280 g/mol. The Morgan fingerprint density at radius 2 is 2.43 bits per heavy atom. The lowest BCUT2D eigenvalue weighted by atomic mass is 10.7. The molecule has 0 aromatic carbocycles. The maximum atomic E-state index is 9.73. The van der Waals surface area contributed by atoms with Gasteiger partial charge in [-0.15, -0.1) is 0 Å². The number of nitrogens with zero attached hydrogens (tertiary/aromatic N) is 1. The molecular weight excluding hydrogens is 277 g/mol. The van der Waals surface area contributed by atoms with Crippen molar-refractivity contribution in [1.82, 2.24) is 2.14 Å². The van der Waals surface area contributed by atoms with E-state index in [2.05, 4.69) is 16.1 Å². The summed E-state index contributed by atoms with van der Waals surface area (Å²) >= 11 is 4.74. The average Bonchev–Trinajstić information content (AvgIpc) is 1.27. The maximum Gasteiger partial charge on any atom is 0.319 e. The lowest BCUT2D eigenvalue weighted by Crippen LogP contribution is -2.10. The van der Waals surface area contributed by atoms with Gasteiger partial charge in [-0.3, -0.25) is 4.79 Å². The number of hydrogen-bond acceptors (Lipinski definition) is 2. The topological polar surface area (TPSA) is 40.5 Å². The smallest absolute Gasteiger partial charge is 0.319 e. The molecule has 3 nitrogen and oxygen atoms in total. The van der Waals surface area contributed by atoms with Crippen LogP contribution in [0, 0.1) is 0 Å². The second kappa shape index (κ2) is 3.62. The van der Waals surface area contributed by atoms with Gasteiger partial charge in [-0.05, 0) is 0 Å². The molecule has 0 fully saturated rings. The van der Waals surface area contributed by atoms with Crippen LogP contribution in [-0.4, -0.2) is 19.8 Å². The number of rotatable bonds is 2. The van der Waals surface area contributed by atoms with Crippen molar-refractivity contribution in [2.75, 3.05) is 6.54 Å². The van der Waals surface area contributed by atoms with E-state index in [-0.39, 0.29) is 6.54 Å². The van der Waals surface area contributed by atoms with Gasteiger partial charge in [0.2, 0.25) is 0 Å². The predicted octanol–water partition coefficient (Wildman–Crippen LogP) is 1.03. The first-order valence-corrected chi connectivity index (χ1v) is 3.11. The number of aliphatic carboxylic acids is 1. The van der Waals surface area contributed by atoms with Crippen LogP contribution in [0.15, 0.2) is 0 Å². The zero-order valence-corrected chi connectivity index (χ0v) is 7.01. The van der Waals surface area contributed by atoms with Gasteiger partial charge in [-0.2, -0.15) is 2.14 Å². The highest BCUT2D eigenvalue weighted by Gasteiger charge is 1.98. The summed E-state index contributed by atoms with van der Waals surface area (Å²) in [6, 6.07) is 0. The van der Waals surface area contributed by atoms with E-state index in [1.807, 2.05) is 22.9 Å². The van der Waals surface area contributed by atoms with E-state index in [1.54, 1.807) is 0 Å². The van der Waals surface area contributed by atoms with Crippen LogP contribution in [0.2, 0.25) is 0 Å². The summed E-state index contributed by atoms with van der Waals surface area (Å²) in [5.74, 6) is -0.841. The molecule has 0 aliphatic carbocycles. The first kappa shape index (κ1) is 7.64. The summed E-state index contributed by atoms with van der Waals surface area (Å²) in [7, 11) is 0. The molecule has 0 amide bonds. The van der Waals surface area contributed by atoms with Gasteiger partial charge in [0, 0.05) is 39.0 Å². The first-order chi connectivity index (χ1) is 3.13. The summed E-state index contributed by atoms with van der Waals surface area (Å²) in [4.78, 5) is 9.73. The van der Waals surface area contributed by atoms with Crippen LogP contribution in [0.1, 0.15) is 0 Å². The standard InChI is InChI=1S/C2H3BrINO2/c3-5(4)1-2(6)7/h1H2,(H,6,7). The van der Waals surface area contributed by atoms with Crippen molar-refractivity contribution in [3.05, 3.63) is 0 Å². The Labute approximate surface area is 63.5 Å². The van der Waals surface area contributed by atoms with Crippen LogP contribution in [0.5, 0.6) is 0 Å². The van der Waals surface area contributed by atoms with Crippen molar-refractivity contribution in [2.45, 2.75) is 0 Å². The van der Waals surface area contributed by atoms with Crippen molar-refractivity contribution >= 4 is 45.0 Å². The van der Waals surface area contributed by atoms with Crippen molar-refractivity contribution in [2.24, 2.45) is 0 Å². The van der Waals surface area contributed by atoms with Gasteiger partial charge < -0.3 is 5.11 Å². The van der Waals surface area contributed by atoms with Crippen molar-refractivity contribution in [1.29, 1.82) is 0 Å². The first-order valence-electron chi connectivity index (χ1n) is 1.44. The molecule has 0 aliphatic rings. The quantitative estimate of drug-likeness (QED) is 0.606. The fraction of sp³-hybridized carbons (Fsp3) is 0.500. The van der Waals surface area contributed by atoms with Crippen molar-refractivity contribution in [3.8, 4) is 0 Å². The zero-order chi connectivity index (χ0) is 5.86. The molecule has 0 rings (SSSR count). The van der Waals surface area contributed by atoms with Gasteiger partial charge in [0.1, 0.15) is 6.54 Å². The molecule has 0 aliphatic heterocycles. The summed E-state index contributed by atoms with van der Waals surface area (Å²) in [5.41, 5.74) is 0. The number of carbonyl (C=O) groups is 1. The Morgan fingerprint density at radius 1 is 2.00 bits per heavy atom. The molecule has 42 valence electrons. The van der Waals surface area contributed by atoms with Crippen molar-refractivity contribution in [3.63, 3.8) is 0 Å². The maximum absolute atomic E-state index is 9.73. The Balaban J connectivity index is 3.13. The van der Waals surface area contributed by atoms with Gasteiger partial charge in [0.05, 0.1) is 0 Å². The molecule has 0 atom stereocenters. The normalized spacial score (nSPS) is 9.57. The van der Waals surface area contributed by atoms with Gasteiger partial charge >= 0.3 is 5.97 Å². The van der Waals surface area contributed by atoms with Crippen LogP contribution in [0.3, 0.4) is 0 Å². The minimum Gasteiger partial charge on any atom is -0.480 e. The van der Waals surface area contributed by atoms with Crippen LogP contribution in [-0.2, 0) is 4.79 Å². The SMILES string of the molecule is O=C(O)CN(Br)I. The van der Waals surface area contributed by atoms with E-state index in [1.165, 1.54) is 2.14 Å². The lowest BCUT2D eigenvalue weighted by Gasteiger charge is -1.95. The molecule has 0 spiro atoms. The summed E-state index contributed by atoms with van der Waals surface area (Å²) in [6.07, 6.45) is 0. The van der Waals surface area contributed by atoms with Gasteiger partial charge in [-0.25, -0.2) is 0 Å². The Kier molecular flexibility index (Phi) is 3.95. The van der Waals surface area contributed by atoms with Gasteiger partial charge in [0.15, 0.2) is 0 Å². The third-order valence-corrected chi connectivity index (χ3v) is 0.847. The lowest BCUT2D eigenvalue weighted by molar-refractivity contribution is -0.136. The predicted molar refractivity (Wildman–Crippen MR) is 37.3 cm³/mol. The van der Waals surface area contributed by atoms with Crippen LogP contribution in [0.4, 0.5) is 0 Å². The minimum atomic E-state index is -0.841. The Hall–Kier alpha value is 0.640. The molecule has 5 heteroatoms. The highest BCUT2D eigenvalue weighted by atomic mass is 127. The molecule has 0 unspecified atom stereocenters. The number of carboxylic acid groups (broad SMARTS) is 1. The van der Waals surface area contributed by atoms with E-state index in [0.29, 0.717) is 0 Å². The third kappa shape index (κ3) is 6.64. The van der Waals surface area contributed by atoms with Crippen LogP contribution in [0.25, 0.3) is 0 Å². The second-order valence-electron chi connectivity index (χ2n) is 0.855. The molecule has 0 aromatic rings. The van der Waals surface area contributed by atoms with Crippen molar-refractivity contribution < 1.29 is 9.90 Å². The van der Waals surface area contributed by atoms with E-state index in [9.17, 15) is 4.79 Å². The molecule has 0 heterocycles.